The van der Waals surface area contributed by atoms with E-state index < -0.39 is 18.3 Å². The van der Waals surface area contributed by atoms with E-state index in [2.05, 4.69) is 292 Å². The molecular formula is C106H76BBrN8O2. The summed E-state index contributed by atoms with van der Waals surface area (Å²) in [6.45, 7) is 8.35. The van der Waals surface area contributed by atoms with Crippen molar-refractivity contribution in [1.29, 1.82) is 0 Å². The van der Waals surface area contributed by atoms with Crippen LogP contribution in [0.15, 0.2) is 393 Å². The Balaban J connectivity index is 0.000000126. The lowest BCUT2D eigenvalue weighted by Crippen LogP contribution is -2.41. The van der Waals surface area contributed by atoms with Gasteiger partial charge >= 0.3 is 7.12 Å². The normalized spacial score (nSPS) is 12.8. The smallest absolute Gasteiger partial charge is 0.399 e. The van der Waals surface area contributed by atoms with E-state index in [-0.39, 0.29) is 0 Å². The number of benzene rings is 14. The van der Waals surface area contributed by atoms with E-state index in [0.717, 1.165) is 182 Å². The first-order valence-electron chi connectivity index (χ1n) is 39.6. The van der Waals surface area contributed by atoms with Crippen molar-refractivity contribution < 1.29 is 9.31 Å². The van der Waals surface area contributed by atoms with Crippen LogP contribution in [0, 0.1) is 0 Å². The van der Waals surface area contributed by atoms with Gasteiger partial charge in [0.05, 0.1) is 78.8 Å². The van der Waals surface area contributed by atoms with Gasteiger partial charge in [-0.3, -0.25) is 0 Å². The predicted molar refractivity (Wildman–Crippen MR) is 490 cm³/mol. The summed E-state index contributed by atoms with van der Waals surface area (Å²) in [5, 5.41) is 8.85. The SMILES string of the molecule is Brc1ccc(-c2cc(-c3ccccc3)nc(-c3ccccc3)n2)cc1.CC1(C)OB(c2ccc(-c3ccc4ccc5ccc(-c6ccccc6)nc5c4n3)c3ccccc23)OC1(C)C.c1ccc(-c2cc(-c3ccc(-c4ccc(-c5ccc6ccc7ccc(-c8ccccc8)nc7c6n5)c5ccccc45)cc3)nc(-c3ccccc3)n2)cc1. The van der Waals surface area contributed by atoms with Gasteiger partial charge in [0.15, 0.2) is 11.6 Å². The molecule has 0 unspecified atom stereocenters. The summed E-state index contributed by atoms with van der Waals surface area (Å²) < 4.78 is 13.9. The third-order valence-electron chi connectivity index (χ3n) is 22.4. The number of rotatable bonds is 12. The molecule has 0 spiro atoms. The fourth-order valence-corrected chi connectivity index (χ4v) is 15.7. The fraction of sp³-hybridized carbons (Fsp3) is 0.0566. The summed E-state index contributed by atoms with van der Waals surface area (Å²) in [6.07, 6.45) is 0. The number of nitrogens with zero attached hydrogens (tertiary/aromatic N) is 8. The Morgan fingerprint density at radius 1 is 0.220 bits per heavy atom. The molecule has 0 amide bonds. The number of hydrogen-bond donors (Lipinski definition) is 0. The van der Waals surface area contributed by atoms with Crippen molar-refractivity contribution in [1.82, 2.24) is 39.9 Å². The molecule has 0 N–H and O–H groups in total. The predicted octanol–water partition coefficient (Wildman–Crippen LogP) is 26.5. The number of aromatic nitrogens is 8. The van der Waals surface area contributed by atoms with Crippen molar-refractivity contribution in [2.75, 3.05) is 0 Å². The summed E-state index contributed by atoms with van der Waals surface area (Å²) in [7, 11) is -0.428. The number of halogens is 1. The zero-order valence-electron chi connectivity index (χ0n) is 65.3. The van der Waals surface area contributed by atoms with Gasteiger partial charge < -0.3 is 9.31 Å². The third kappa shape index (κ3) is 15.0. The van der Waals surface area contributed by atoms with Gasteiger partial charge in [0, 0.05) is 81.7 Å². The summed E-state index contributed by atoms with van der Waals surface area (Å²) >= 11 is 3.49. The van der Waals surface area contributed by atoms with Crippen LogP contribution in [0.2, 0.25) is 0 Å². The van der Waals surface area contributed by atoms with E-state index in [9.17, 15) is 0 Å². The molecular weight excluding hydrogens is 1510 g/mol. The highest BCUT2D eigenvalue weighted by atomic mass is 79.9. The average molecular weight is 1580 g/mol. The van der Waals surface area contributed by atoms with Crippen LogP contribution in [0.3, 0.4) is 0 Å². The molecule has 0 radical (unpaired) electrons. The summed E-state index contributed by atoms with van der Waals surface area (Å²) in [5.74, 6) is 1.44. The number of hydrogen-bond acceptors (Lipinski definition) is 10. The Bertz CT molecular complexity index is 6980. The quantitative estimate of drug-likeness (QED) is 0.0863. The van der Waals surface area contributed by atoms with Crippen LogP contribution < -0.4 is 5.46 Å². The molecule has 0 saturated carbocycles. The molecule has 6 aromatic heterocycles. The minimum Gasteiger partial charge on any atom is -0.399 e. The van der Waals surface area contributed by atoms with E-state index in [1.807, 2.05) is 140 Å². The first-order valence-corrected chi connectivity index (χ1v) is 40.4. The fourth-order valence-electron chi connectivity index (χ4n) is 15.4. The molecule has 1 saturated heterocycles. The van der Waals surface area contributed by atoms with Crippen LogP contribution in [0.25, 0.3) is 189 Å². The largest absolute Gasteiger partial charge is 0.495 e. The van der Waals surface area contributed by atoms with Gasteiger partial charge in [-0.1, -0.05) is 356 Å². The van der Waals surface area contributed by atoms with Gasteiger partial charge in [0.2, 0.25) is 0 Å². The van der Waals surface area contributed by atoms with E-state index in [1.165, 1.54) is 10.9 Å². The molecule has 1 fully saturated rings. The molecule has 1 aliphatic rings. The molecule has 7 heterocycles. The van der Waals surface area contributed by atoms with E-state index in [1.54, 1.807) is 0 Å². The first kappa shape index (κ1) is 74.0. The number of fused-ring (bicyclic) bond motifs is 8. The molecule has 1 aliphatic heterocycles. The molecule has 10 nitrogen and oxygen atoms in total. The Morgan fingerprint density at radius 2 is 0.483 bits per heavy atom. The van der Waals surface area contributed by atoms with E-state index in [0.29, 0.717) is 5.82 Å². The maximum absolute atomic E-state index is 6.41. The molecule has 0 bridgehead atoms. The van der Waals surface area contributed by atoms with Gasteiger partial charge in [-0.25, -0.2) is 39.9 Å². The van der Waals surface area contributed by atoms with Crippen LogP contribution in [0.1, 0.15) is 27.7 Å². The summed E-state index contributed by atoms with van der Waals surface area (Å²) in [4.78, 5) is 40.3. The Morgan fingerprint density at radius 3 is 0.864 bits per heavy atom. The zero-order valence-corrected chi connectivity index (χ0v) is 66.9. The molecule has 20 aromatic rings. The minimum atomic E-state index is -0.428. The minimum absolute atomic E-state index is 0.399. The molecule has 14 aromatic carbocycles. The van der Waals surface area contributed by atoms with Gasteiger partial charge in [-0.15, -0.1) is 0 Å². The van der Waals surface area contributed by atoms with Crippen molar-refractivity contribution in [2.45, 2.75) is 38.9 Å². The highest BCUT2D eigenvalue weighted by molar-refractivity contribution is 9.10. The second-order valence-corrected chi connectivity index (χ2v) is 31.4. The third-order valence-corrected chi connectivity index (χ3v) is 22.9. The molecule has 0 aliphatic carbocycles. The zero-order chi connectivity index (χ0) is 79.7. The van der Waals surface area contributed by atoms with Crippen LogP contribution in [0.5, 0.6) is 0 Å². The van der Waals surface area contributed by atoms with Crippen molar-refractivity contribution in [2.24, 2.45) is 0 Å². The lowest BCUT2D eigenvalue weighted by Gasteiger charge is -2.32. The van der Waals surface area contributed by atoms with Gasteiger partial charge in [0.25, 0.3) is 0 Å². The van der Waals surface area contributed by atoms with Crippen LogP contribution >= 0.6 is 15.9 Å². The van der Waals surface area contributed by atoms with Crippen LogP contribution in [-0.4, -0.2) is 58.2 Å². The Labute approximate surface area is 693 Å². The highest BCUT2D eigenvalue weighted by Crippen LogP contribution is 2.42. The standard InChI is InChI=1S/C50H32N4.C34H29BN2O2.C22H15BrN2/c1-4-12-34(13-5-1)44-30-26-37-24-25-38-27-31-45(52-49(38)48(37)51-44)43-29-28-40(41-18-10-11-19-42(41)43)33-20-22-36(23-21-33)47-32-46(35-14-6-2-7-15-35)53-50(54-47)39-16-8-3-9-17-39;1-33(2)34(3,4)39-35(38-33)28-19-18-27(25-12-8-9-13-26(25)28)30-21-17-24-15-14-23-16-20-29(22-10-6-5-7-11-22)36-31(23)32(24)37-30;23-19-13-11-17(12-14-19)21-15-20(16-7-3-1-4-8-16)24-22(25-21)18-9-5-2-6-10-18/h1-32H;5-21H,1-4H3;1-15H. The lowest BCUT2D eigenvalue weighted by molar-refractivity contribution is 0.00578. The maximum Gasteiger partial charge on any atom is 0.495 e. The van der Waals surface area contributed by atoms with Gasteiger partial charge in [-0.2, -0.15) is 0 Å². The molecule has 0 atom stereocenters. The van der Waals surface area contributed by atoms with Gasteiger partial charge in [0.1, 0.15) is 0 Å². The Kier molecular flexibility index (Phi) is 20.0. The molecule has 21 rings (SSSR count). The van der Waals surface area contributed by atoms with E-state index in [4.69, 9.17) is 49.2 Å². The van der Waals surface area contributed by atoms with Crippen LogP contribution in [0.4, 0.5) is 0 Å². The van der Waals surface area contributed by atoms with E-state index >= 15 is 0 Å². The first-order chi connectivity index (χ1) is 57.8. The van der Waals surface area contributed by atoms with Crippen molar-refractivity contribution in [3.8, 4) is 124 Å². The summed E-state index contributed by atoms with van der Waals surface area (Å²) in [5.41, 5.74) is 24.1. The summed E-state index contributed by atoms with van der Waals surface area (Å²) in [6, 6.07) is 134. The lowest BCUT2D eigenvalue weighted by atomic mass is 9.75. The average Bonchev–Trinajstić information content (AvgIpc) is 1.35. The second-order valence-electron chi connectivity index (χ2n) is 30.5. The maximum atomic E-state index is 6.41. The molecule has 118 heavy (non-hydrogen) atoms. The number of pyridine rings is 4. The van der Waals surface area contributed by atoms with Crippen molar-refractivity contribution >= 4 is 93.7 Å². The van der Waals surface area contributed by atoms with Crippen molar-refractivity contribution in [3.05, 3.63) is 393 Å². The second kappa shape index (κ2) is 31.9. The topological polar surface area (TPSA) is 122 Å². The van der Waals surface area contributed by atoms with Crippen LogP contribution in [-0.2, 0) is 9.31 Å². The molecule has 12 heteroatoms. The highest BCUT2D eigenvalue weighted by Gasteiger charge is 2.52. The van der Waals surface area contributed by atoms with Crippen molar-refractivity contribution in [3.63, 3.8) is 0 Å². The van der Waals surface area contributed by atoms with Gasteiger partial charge in [-0.05, 0) is 114 Å². The Hall–Kier alpha value is -14.1. The molecule has 562 valence electrons. The monoisotopic (exact) mass is 1580 g/mol.